The second kappa shape index (κ2) is 6.32. The SMILES string of the molecule is Cn1nnc2c(C(=O)O)ncn2c1=O.Cn1nnc2c(Cl)ncn2c1=O. The van der Waals surface area contributed by atoms with Gasteiger partial charge >= 0.3 is 17.3 Å². The van der Waals surface area contributed by atoms with Crippen molar-refractivity contribution in [3.05, 3.63) is 44.5 Å². The van der Waals surface area contributed by atoms with E-state index >= 15 is 0 Å². The average molecular weight is 381 g/mol. The molecule has 0 radical (unpaired) electrons. The molecule has 0 fully saturated rings. The molecule has 0 spiro atoms. The summed E-state index contributed by atoms with van der Waals surface area (Å²) in [7, 11) is 2.91. The maximum atomic E-state index is 11.4. The fourth-order valence-electron chi connectivity index (χ4n) is 1.89. The fourth-order valence-corrected chi connectivity index (χ4v) is 2.06. The predicted molar refractivity (Wildman–Crippen MR) is 84.0 cm³/mol. The van der Waals surface area contributed by atoms with Gasteiger partial charge < -0.3 is 5.11 Å². The minimum absolute atomic E-state index is 0.0550. The Kier molecular flexibility index (Phi) is 4.17. The van der Waals surface area contributed by atoms with Gasteiger partial charge in [0.15, 0.2) is 16.5 Å². The Morgan fingerprint density at radius 2 is 1.46 bits per heavy atom. The monoisotopic (exact) mass is 380 g/mol. The van der Waals surface area contributed by atoms with Gasteiger partial charge in [0, 0.05) is 14.1 Å². The molecule has 4 aromatic heterocycles. The molecule has 0 unspecified atom stereocenters. The van der Waals surface area contributed by atoms with Crippen molar-refractivity contribution in [1.29, 1.82) is 0 Å². The minimum Gasteiger partial charge on any atom is -0.476 e. The number of carbonyl (C=O) groups is 1. The third-order valence-electron chi connectivity index (χ3n) is 3.16. The molecule has 0 aliphatic heterocycles. The van der Waals surface area contributed by atoms with Crippen LogP contribution >= 0.6 is 11.6 Å². The van der Waals surface area contributed by atoms with Crippen molar-refractivity contribution < 1.29 is 9.90 Å². The van der Waals surface area contributed by atoms with E-state index in [1.807, 2.05) is 0 Å². The molecule has 0 bridgehead atoms. The van der Waals surface area contributed by atoms with Crippen LogP contribution in [0.2, 0.25) is 5.15 Å². The molecule has 1 N–H and O–H groups in total. The zero-order chi connectivity index (χ0) is 19.0. The highest BCUT2D eigenvalue weighted by Gasteiger charge is 2.15. The molecule has 0 saturated heterocycles. The molecule has 0 atom stereocenters. The number of rotatable bonds is 1. The summed E-state index contributed by atoms with van der Waals surface area (Å²) >= 11 is 5.61. The van der Waals surface area contributed by atoms with Gasteiger partial charge in [-0.05, 0) is 0 Å². The van der Waals surface area contributed by atoms with Crippen molar-refractivity contribution in [2.24, 2.45) is 14.1 Å². The van der Waals surface area contributed by atoms with Gasteiger partial charge in [0.05, 0.1) is 0 Å². The van der Waals surface area contributed by atoms with Gasteiger partial charge in [-0.2, -0.15) is 9.36 Å². The first-order chi connectivity index (χ1) is 12.3. The van der Waals surface area contributed by atoms with Crippen LogP contribution in [-0.4, -0.2) is 59.8 Å². The van der Waals surface area contributed by atoms with Crippen LogP contribution < -0.4 is 11.4 Å². The van der Waals surface area contributed by atoms with Crippen LogP contribution in [-0.2, 0) is 14.1 Å². The molecule has 4 rings (SSSR count). The number of aryl methyl sites for hydroxylation is 2. The van der Waals surface area contributed by atoms with Crippen molar-refractivity contribution in [3.63, 3.8) is 0 Å². The number of carboxylic acid groups (broad SMARTS) is 1. The van der Waals surface area contributed by atoms with Gasteiger partial charge in [0.25, 0.3) is 0 Å². The van der Waals surface area contributed by atoms with Gasteiger partial charge in [-0.1, -0.05) is 22.0 Å². The summed E-state index contributed by atoms with van der Waals surface area (Å²) in [6, 6.07) is 0. The Morgan fingerprint density at radius 1 is 0.962 bits per heavy atom. The molecule has 0 aliphatic carbocycles. The lowest BCUT2D eigenvalue weighted by atomic mass is 10.5. The zero-order valence-electron chi connectivity index (χ0n) is 13.2. The van der Waals surface area contributed by atoms with Gasteiger partial charge in [-0.15, -0.1) is 10.2 Å². The number of nitrogens with zero attached hydrogens (tertiary/aromatic N) is 10. The second-order valence-corrected chi connectivity index (χ2v) is 5.17. The standard InChI is InChI=1S/C6H5N5O3.C5H4ClN5O/c1-10-6(14)11-2-7-3(5(12)13)4(11)8-9-10;1-10-5(12)11-2-7-3(6)4(11)8-9-10/h2H,1H3,(H,12,13);2H,1H3. The molecule has 15 heteroatoms. The summed E-state index contributed by atoms with van der Waals surface area (Å²) in [5.74, 6) is -1.24. The Labute approximate surface area is 146 Å². The molecular formula is C11H9ClN10O4. The number of aromatic nitrogens is 10. The Bertz CT molecular complexity index is 1250. The van der Waals surface area contributed by atoms with E-state index in [2.05, 4.69) is 30.6 Å². The van der Waals surface area contributed by atoms with Crippen molar-refractivity contribution in [2.45, 2.75) is 0 Å². The van der Waals surface area contributed by atoms with Gasteiger partial charge in [-0.25, -0.2) is 33.2 Å². The maximum absolute atomic E-state index is 11.4. The molecule has 0 amide bonds. The third kappa shape index (κ3) is 2.77. The molecule has 26 heavy (non-hydrogen) atoms. The number of hydrogen-bond donors (Lipinski definition) is 1. The van der Waals surface area contributed by atoms with Crippen molar-refractivity contribution in [2.75, 3.05) is 0 Å². The van der Waals surface area contributed by atoms with Gasteiger partial charge in [0.2, 0.25) is 5.65 Å². The lowest BCUT2D eigenvalue weighted by molar-refractivity contribution is 0.0693. The molecule has 4 heterocycles. The van der Waals surface area contributed by atoms with Crippen LogP contribution in [0.4, 0.5) is 0 Å². The zero-order valence-corrected chi connectivity index (χ0v) is 13.9. The van der Waals surface area contributed by atoms with Crippen LogP contribution in [0.25, 0.3) is 11.3 Å². The molecule has 0 aliphatic rings. The first kappa shape index (κ1) is 17.2. The largest absolute Gasteiger partial charge is 0.476 e. The lowest BCUT2D eigenvalue weighted by Gasteiger charge is -1.94. The predicted octanol–water partition coefficient (Wildman–Crippen LogP) is -2.00. The van der Waals surface area contributed by atoms with Crippen LogP contribution in [0.3, 0.4) is 0 Å². The summed E-state index contributed by atoms with van der Waals surface area (Å²) in [5.41, 5.74) is -0.870. The number of carboxylic acids is 1. The van der Waals surface area contributed by atoms with E-state index in [0.717, 1.165) is 20.1 Å². The molecule has 0 saturated carbocycles. The average Bonchev–Trinajstić information content (AvgIpc) is 3.20. The fraction of sp³-hybridized carbons (Fsp3) is 0.182. The number of hydrogen-bond acceptors (Lipinski definition) is 9. The summed E-state index contributed by atoms with van der Waals surface area (Å²) < 4.78 is 4.34. The topological polar surface area (TPSA) is 167 Å². The smallest absolute Gasteiger partial charge is 0.358 e. The van der Waals surface area contributed by atoms with Crippen molar-refractivity contribution in [1.82, 2.24) is 48.8 Å². The first-order valence-electron chi connectivity index (χ1n) is 6.74. The van der Waals surface area contributed by atoms with E-state index in [4.69, 9.17) is 16.7 Å². The Balaban J connectivity index is 0.000000152. The van der Waals surface area contributed by atoms with E-state index in [1.54, 1.807) is 0 Å². The van der Waals surface area contributed by atoms with Crippen molar-refractivity contribution >= 4 is 28.9 Å². The van der Waals surface area contributed by atoms with Gasteiger partial charge in [-0.3, -0.25) is 0 Å². The normalized spacial score (nSPS) is 10.7. The van der Waals surface area contributed by atoms with Crippen LogP contribution in [0, 0.1) is 0 Å². The summed E-state index contributed by atoms with van der Waals surface area (Å²) in [4.78, 5) is 40.5. The Hall–Kier alpha value is -3.68. The molecule has 14 nitrogen and oxygen atoms in total. The third-order valence-corrected chi connectivity index (χ3v) is 3.42. The number of aromatic carboxylic acids is 1. The van der Waals surface area contributed by atoms with Crippen molar-refractivity contribution in [3.8, 4) is 0 Å². The highest BCUT2D eigenvalue weighted by molar-refractivity contribution is 6.32. The second-order valence-electron chi connectivity index (χ2n) is 4.81. The quantitative estimate of drug-likeness (QED) is 0.389. The van der Waals surface area contributed by atoms with Crippen LogP contribution in [0.15, 0.2) is 22.2 Å². The van der Waals surface area contributed by atoms with E-state index in [-0.39, 0.29) is 27.8 Å². The summed E-state index contributed by atoms with van der Waals surface area (Å²) in [5, 5.41) is 23.1. The maximum Gasteiger partial charge on any atom is 0.358 e. The van der Waals surface area contributed by atoms with E-state index in [0.29, 0.717) is 0 Å². The number of halogens is 1. The van der Waals surface area contributed by atoms with E-state index in [1.165, 1.54) is 24.8 Å². The van der Waals surface area contributed by atoms with Crippen LogP contribution in [0.1, 0.15) is 10.5 Å². The minimum atomic E-state index is -1.24. The lowest BCUT2D eigenvalue weighted by Crippen LogP contribution is -2.27. The molecule has 134 valence electrons. The van der Waals surface area contributed by atoms with E-state index in [9.17, 15) is 14.4 Å². The summed E-state index contributed by atoms with van der Waals surface area (Å²) in [6.45, 7) is 0. The van der Waals surface area contributed by atoms with E-state index < -0.39 is 11.7 Å². The highest BCUT2D eigenvalue weighted by atomic mass is 35.5. The molecular weight excluding hydrogens is 372 g/mol. The molecule has 0 aromatic carbocycles. The first-order valence-corrected chi connectivity index (χ1v) is 7.12. The molecule has 4 aromatic rings. The van der Waals surface area contributed by atoms with Gasteiger partial charge in [0.1, 0.15) is 12.7 Å². The number of imidazole rings is 2. The summed E-state index contributed by atoms with van der Waals surface area (Å²) in [6.07, 6.45) is 2.42. The van der Waals surface area contributed by atoms with Crippen LogP contribution in [0.5, 0.6) is 0 Å². The Morgan fingerprint density at radius 3 is 2.04 bits per heavy atom. The number of fused-ring (bicyclic) bond motifs is 2. The highest BCUT2D eigenvalue weighted by Crippen LogP contribution is 2.07.